The van der Waals surface area contributed by atoms with Crippen molar-refractivity contribution in [2.75, 3.05) is 26.2 Å². The Morgan fingerprint density at radius 3 is 2.97 bits per heavy atom. The van der Waals surface area contributed by atoms with Crippen LogP contribution in [0.1, 0.15) is 24.8 Å². The van der Waals surface area contributed by atoms with Crippen LogP contribution in [0.5, 0.6) is 0 Å². The van der Waals surface area contributed by atoms with E-state index in [9.17, 15) is 9.59 Å². The molecule has 2 atom stereocenters. The van der Waals surface area contributed by atoms with Crippen molar-refractivity contribution in [3.8, 4) is 10.4 Å². The normalized spacial score (nSPS) is 23.5. The van der Waals surface area contributed by atoms with Gasteiger partial charge in [0, 0.05) is 31.1 Å². The molecule has 1 N–H and O–H groups in total. The lowest BCUT2D eigenvalue weighted by Crippen LogP contribution is -2.46. The lowest BCUT2D eigenvalue weighted by molar-refractivity contribution is -0.141. The van der Waals surface area contributed by atoms with E-state index in [2.05, 4.69) is 41.5 Å². The molecule has 0 bridgehead atoms. The van der Waals surface area contributed by atoms with Crippen LogP contribution in [0, 0.1) is 5.41 Å². The van der Waals surface area contributed by atoms with Gasteiger partial charge < -0.3 is 15.0 Å². The molecule has 0 saturated carbocycles. The summed E-state index contributed by atoms with van der Waals surface area (Å²) in [5, 5.41) is 5.05. The number of amides is 2. The molecule has 2 saturated heterocycles. The van der Waals surface area contributed by atoms with Crippen molar-refractivity contribution in [2.45, 2.75) is 31.8 Å². The predicted octanol–water partition coefficient (Wildman–Crippen LogP) is 3.66. The molecule has 2 aromatic rings. The summed E-state index contributed by atoms with van der Waals surface area (Å²) in [5.41, 5.74) is 1.64. The van der Waals surface area contributed by atoms with Crippen LogP contribution >= 0.6 is 11.3 Å². The zero-order valence-corrected chi connectivity index (χ0v) is 18.0. The predicted molar refractivity (Wildman–Crippen MR) is 119 cm³/mol. The molecule has 1 aromatic heterocycles. The fraction of sp³-hybridized carbons (Fsp3) is 0.417. The molecule has 0 unspecified atom stereocenters. The topological polar surface area (TPSA) is 58.6 Å². The molecule has 2 amide bonds. The van der Waals surface area contributed by atoms with Crippen molar-refractivity contribution < 1.29 is 14.3 Å². The second-order valence-corrected chi connectivity index (χ2v) is 9.09. The highest BCUT2D eigenvalue weighted by Gasteiger charge is 2.47. The van der Waals surface area contributed by atoms with Crippen molar-refractivity contribution in [2.24, 2.45) is 5.41 Å². The van der Waals surface area contributed by atoms with Crippen LogP contribution in [-0.2, 0) is 20.7 Å². The van der Waals surface area contributed by atoms with Gasteiger partial charge >= 0.3 is 0 Å². The molecule has 30 heavy (non-hydrogen) atoms. The van der Waals surface area contributed by atoms with Crippen molar-refractivity contribution in [3.05, 3.63) is 60.0 Å². The Balaban J connectivity index is 1.56. The monoisotopic (exact) mass is 424 g/mol. The molecule has 0 radical (unpaired) electrons. The molecule has 2 fully saturated rings. The number of hydrogen-bond acceptors (Lipinski definition) is 4. The summed E-state index contributed by atoms with van der Waals surface area (Å²) in [5.74, 6) is 0.0183. The first-order chi connectivity index (χ1) is 14.6. The Bertz CT molecular complexity index is 905. The van der Waals surface area contributed by atoms with Gasteiger partial charge in [-0.15, -0.1) is 17.9 Å². The highest BCUT2D eigenvalue weighted by atomic mass is 32.1. The van der Waals surface area contributed by atoms with Gasteiger partial charge in [-0.3, -0.25) is 9.59 Å². The van der Waals surface area contributed by atoms with Crippen molar-refractivity contribution in [3.63, 3.8) is 0 Å². The molecule has 1 aromatic carbocycles. The van der Waals surface area contributed by atoms with Gasteiger partial charge in [0.2, 0.25) is 5.91 Å². The third-order valence-corrected chi connectivity index (χ3v) is 6.95. The number of nitrogens with one attached hydrogen (secondary N) is 1. The number of nitrogens with zero attached hydrogens (tertiary/aromatic N) is 1. The number of carbonyl (C=O) groups excluding carboxylic acids is 2. The van der Waals surface area contributed by atoms with Gasteiger partial charge in [-0.05, 0) is 48.3 Å². The maximum atomic E-state index is 13.2. The van der Waals surface area contributed by atoms with E-state index >= 15 is 0 Å². The first-order valence-corrected chi connectivity index (χ1v) is 11.4. The lowest BCUT2D eigenvalue weighted by Gasteiger charge is -2.29. The second kappa shape index (κ2) is 9.14. The molecule has 4 rings (SSSR count). The van der Waals surface area contributed by atoms with Crippen LogP contribution in [0.3, 0.4) is 0 Å². The van der Waals surface area contributed by atoms with Gasteiger partial charge in [-0.2, -0.15) is 0 Å². The summed E-state index contributed by atoms with van der Waals surface area (Å²) in [6.07, 6.45) is 4.28. The van der Waals surface area contributed by atoms with Crippen LogP contribution in [0.25, 0.3) is 10.4 Å². The van der Waals surface area contributed by atoms with Crippen LogP contribution < -0.4 is 5.32 Å². The minimum Gasteiger partial charge on any atom is -0.368 e. The third kappa shape index (κ3) is 4.35. The van der Waals surface area contributed by atoms with E-state index in [0.29, 0.717) is 39.1 Å². The highest BCUT2D eigenvalue weighted by molar-refractivity contribution is 7.13. The molecular weight excluding hydrogens is 396 g/mol. The SMILES string of the molecule is C=CCNC(=O)[C@]1(Cc2cccc(-c3cccs3)c2)CCN(C(=O)[C@@H]2CCCO2)C1. The van der Waals surface area contributed by atoms with Gasteiger partial charge in [0.15, 0.2) is 0 Å². The summed E-state index contributed by atoms with van der Waals surface area (Å²) in [6, 6.07) is 12.5. The Kier molecular flexibility index (Phi) is 6.35. The summed E-state index contributed by atoms with van der Waals surface area (Å²) in [4.78, 5) is 29.1. The molecule has 2 aliphatic rings. The van der Waals surface area contributed by atoms with Crippen LogP contribution in [0.2, 0.25) is 0 Å². The van der Waals surface area contributed by atoms with Crippen LogP contribution in [0.15, 0.2) is 54.4 Å². The molecule has 0 spiro atoms. The highest BCUT2D eigenvalue weighted by Crippen LogP contribution is 2.37. The Hall–Kier alpha value is -2.44. The number of hydrogen-bond donors (Lipinski definition) is 1. The lowest BCUT2D eigenvalue weighted by atomic mass is 9.79. The summed E-state index contributed by atoms with van der Waals surface area (Å²) in [6.45, 7) is 5.79. The molecule has 158 valence electrons. The maximum Gasteiger partial charge on any atom is 0.251 e. The molecule has 6 heteroatoms. The van der Waals surface area contributed by atoms with E-state index in [4.69, 9.17) is 4.74 Å². The van der Waals surface area contributed by atoms with Crippen LogP contribution in [0.4, 0.5) is 0 Å². The fourth-order valence-corrected chi connectivity index (χ4v) is 5.19. The van der Waals surface area contributed by atoms with Gasteiger partial charge in [0.1, 0.15) is 6.10 Å². The third-order valence-electron chi connectivity index (χ3n) is 6.03. The number of thiophene rings is 1. The summed E-state index contributed by atoms with van der Waals surface area (Å²) < 4.78 is 5.59. The summed E-state index contributed by atoms with van der Waals surface area (Å²) >= 11 is 1.71. The standard InChI is InChI=1S/C24H28N2O3S/c1-2-11-25-23(28)24(10-12-26(17-24)22(27)20-8-4-13-29-20)16-18-6-3-7-19(15-18)21-9-5-14-30-21/h2-3,5-7,9,14-15,20H,1,4,8,10-13,16-17H2,(H,25,28)/t20-,24-/m0/s1. The maximum absolute atomic E-state index is 13.2. The van der Waals surface area contributed by atoms with E-state index in [1.54, 1.807) is 17.4 Å². The quantitative estimate of drug-likeness (QED) is 0.690. The fourth-order valence-electron chi connectivity index (χ4n) is 4.47. The minimum atomic E-state index is -0.634. The number of rotatable bonds is 7. The van der Waals surface area contributed by atoms with E-state index in [1.807, 2.05) is 17.0 Å². The minimum absolute atomic E-state index is 0.00781. The van der Waals surface area contributed by atoms with Gasteiger partial charge in [-0.25, -0.2) is 0 Å². The Morgan fingerprint density at radius 1 is 1.33 bits per heavy atom. The molecule has 3 heterocycles. The van der Waals surface area contributed by atoms with Crippen molar-refractivity contribution in [1.82, 2.24) is 10.2 Å². The van der Waals surface area contributed by atoms with E-state index < -0.39 is 5.41 Å². The zero-order chi connectivity index (χ0) is 21.0. The molecule has 5 nitrogen and oxygen atoms in total. The van der Waals surface area contributed by atoms with E-state index in [1.165, 1.54) is 4.88 Å². The first-order valence-electron chi connectivity index (χ1n) is 10.5. The van der Waals surface area contributed by atoms with Crippen LogP contribution in [-0.4, -0.2) is 49.1 Å². The average Bonchev–Trinajstić information content (AvgIpc) is 3.54. The molecule has 2 aliphatic heterocycles. The smallest absolute Gasteiger partial charge is 0.251 e. The molecule has 0 aliphatic carbocycles. The van der Waals surface area contributed by atoms with Gasteiger partial charge in [0.25, 0.3) is 5.91 Å². The van der Waals surface area contributed by atoms with Gasteiger partial charge in [0.05, 0.1) is 5.41 Å². The van der Waals surface area contributed by atoms with E-state index in [-0.39, 0.29) is 17.9 Å². The first kappa shape index (κ1) is 20.8. The Labute approximate surface area is 181 Å². The zero-order valence-electron chi connectivity index (χ0n) is 17.1. The molecular formula is C24H28N2O3S. The summed E-state index contributed by atoms with van der Waals surface area (Å²) in [7, 11) is 0. The number of likely N-dealkylation sites (tertiary alicyclic amines) is 1. The van der Waals surface area contributed by atoms with Crippen molar-refractivity contribution >= 4 is 23.2 Å². The number of benzene rings is 1. The van der Waals surface area contributed by atoms with Gasteiger partial charge in [-0.1, -0.05) is 36.4 Å². The largest absolute Gasteiger partial charge is 0.368 e. The van der Waals surface area contributed by atoms with Crippen molar-refractivity contribution in [1.29, 1.82) is 0 Å². The number of carbonyl (C=O) groups is 2. The second-order valence-electron chi connectivity index (χ2n) is 8.14. The van der Waals surface area contributed by atoms with E-state index in [0.717, 1.165) is 24.0 Å². The Morgan fingerprint density at radius 2 is 2.23 bits per heavy atom. The average molecular weight is 425 g/mol. The number of ether oxygens (including phenoxy) is 1.